The lowest BCUT2D eigenvalue weighted by atomic mass is 10.1. The Morgan fingerprint density at radius 1 is 1.41 bits per heavy atom. The van der Waals surface area contributed by atoms with Gasteiger partial charge < -0.3 is 14.8 Å². The van der Waals surface area contributed by atoms with Crippen LogP contribution in [0.1, 0.15) is 45.1 Å². The molecule has 0 saturated heterocycles. The number of hydrogen-bond donors (Lipinski definition) is 3. The molecular weight excluding hydrogens is 284 g/mol. The predicted octanol–water partition coefficient (Wildman–Crippen LogP) is 2.69. The summed E-state index contributed by atoms with van der Waals surface area (Å²) < 4.78 is 6.86. The number of carbonyl (C=O) groups excluding carboxylic acids is 1. The Morgan fingerprint density at radius 3 is 2.82 bits per heavy atom. The molecule has 0 aliphatic heterocycles. The Hall–Kier alpha value is -2.28. The van der Waals surface area contributed by atoms with Crippen LogP contribution in [-0.2, 0) is 0 Å². The van der Waals surface area contributed by atoms with Crippen LogP contribution in [0.4, 0.5) is 10.6 Å². The van der Waals surface area contributed by atoms with E-state index in [1.807, 2.05) is 20.8 Å². The number of amides is 2. The van der Waals surface area contributed by atoms with Crippen molar-refractivity contribution in [3.8, 4) is 0 Å². The van der Waals surface area contributed by atoms with E-state index in [1.54, 1.807) is 29.1 Å². The summed E-state index contributed by atoms with van der Waals surface area (Å²) in [5.41, 5.74) is 0. The third-order valence-corrected chi connectivity index (χ3v) is 3.23. The zero-order valence-electron chi connectivity index (χ0n) is 13.0. The average Bonchev–Trinajstić information content (AvgIpc) is 3.08. The first kappa shape index (κ1) is 16.1. The molecule has 2 aromatic rings. The van der Waals surface area contributed by atoms with E-state index in [0.29, 0.717) is 18.0 Å². The van der Waals surface area contributed by atoms with E-state index in [2.05, 4.69) is 15.7 Å². The highest BCUT2D eigenvalue weighted by Gasteiger charge is 2.17. The minimum atomic E-state index is -0.744. The van der Waals surface area contributed by atoms with E-state index >= 15 is 0 Å². The van der Waals surface area contributed by atoms with Crippen molar-refractivity contribution in [1.29, 1.82) is 0 Å². The molecule has 3 N–H and O–H groups in total. The maximum Gasteiger partial charge on any atom is 0.320 e. The van der Waals surface area contributed by atoms with E-state index in [0.717, 1.165) is 0 Å². The molecule has 0 aliphatic carbocycles. The molecule has 7 heteroatoms. The number of anilines is 1. The van der Waals surface area contributed by atoms with Gasteiger partial charge in [-0.25, -0.2) is 9.48 Å². The molecule has 2 heterocycles. The van der Waals surface area contributed by atoms with Crippen molar-refractivity contribution >= 4 is 11.8 Å². The van der Waals surface area contributed by atoms with Crippen molar-refractivity contribution in [2.24, 2.45) is 0 Å². The van der Waals surface area contributed by atoms with Crippen LogP contribution < -0.4 is 10.6 Å². The molecule has 120 valence electrons. The molecule has 0 aromatic carbocycles. The van der Waals surface area contributed by atoms with Crippen LogP contribution in [0.2, 0.25) is 0 Å². The summed E-state index contributed by atoms with van der Waals surface area (Å²) in [7, 11) is 0. The van der Waals surface area contributed by atoms with Gasteiger partial charge in [0, 0.05) is 24.6 Å². The summed E-state index contributed by atoms with van der Waals surface area (Å²) in [6.07, 6.45) is 2.77. The Labute approximate surface area is 129 Å². The molecule has 2 atom stereocenters. The van der Waals surface area contributed by atoms with Crippen molar-refractivity contribution in [3.05, 3.63) is 36.4 Å². The molecule has 2 aromatic heterocycles. The topological polar surface area (TPSA) is 92.3 Å². The van der Waals surface area contributed by atoms with Crippen molar-refractivity contribution < 1.29 is 14.3 Å². The fourth-order valence-electron chi connectivity index (χ4n) is 2.19. The van der Waals surface area contributed by atoms with Gasteiger partial charge in [-0.2, -0.15) is 5.10 Å². The van der Waals surface area contributed by atoms with E-state index in [1.165, 1.54) is 6.26 Å². The number of rotatable bonds is 6. The molecule has 0 bridgehead atoms. The van der Waals surface area contributed by atoms with E-state index in [-0.39, 0.29) is 18.1 Å². The first-order chi connectivity index (χ1) is 10.5. The lowest BCUT2D eigenvalue weighted by molar-refractivity contribution is 0.130. The van der Waals surface area contributed by atoms with Crippen LogP contribution in [0.25, 0.3) is 0 Å². The normalized spacial score (nSPS) is 13.9. The summed E-state index contributed by atoms with van der Waals surface area (Å²) >= 11 is 0. The fraction of sp³-hybridized carbons (Fsp3) is 0.467. The van der Waals surface area contributed by atoms with Gasteiger partial charge in [0.1, 0.15) is 17.7 Å². The van der Waals surface area contributed by atoms with Gasteiger partial charge in [0.15, 0.2) is 0 Å². The lowest BCUT2D eigenvalue weighted by Gasteiger charge is -2.18. The van der Waals surface area contributed by atoms with E-state index < -0.39 is 6.10 Å². The molecule has 0 fully saturated rings. The smallest absolute Gasteiger partial charge is 0.320 e. The summed E-state index contributed by atoms with van der Waals surface area (Å²) in [5.74, 6) is 1.12. The Kier molecular flexibility index (Phi) is 5.21. The van der Waals surface area contributed by atoms with E-state index in [4.69, 9.17) is 4.42 Å². The standard InChI is InChI=1S/C15H22N4O3/c1-10(2)19-14(6-7-16-19)18-15(21)17-11(3)9-12(20)13-5-4-8-22-13/h4-8,10-12,20H,9H2,1-3H3,(H2,17,18,21). The van der Waals surface area contributed by atoms with Crippen molar-refractivity contribution in [2.45, 2.75) is 45.4 Å². The van der Waals surface area contributed by atoms with Gasteiger partial charge in [0.05, 0.1) is 12.5 Å². The number of hydrogen-bond acceptors (Lipinski definition) is 4. The minimum Gasteiger partial charge on any atom is -0.467 e. The molecule has 2 unspecified atom stereocenters. The number of nitrogens with one attached hydrogen (secondary N) is 2. The van der Waals surface area contributed by atoms with Crippen LogP contribution in [0.15, 0.2) is 35.1 Å². The summed E-state index contributed by atoms with van der Waals surface area (Å²) in [6, 6.07) is 4.78. The maximum absolute atomic E-state index is 12.0. The van der Waals surface area contributed by atoms with Crippen LogP contribution in [0.5, 0.6) is 0 Å². The van der Waals surface area contributed by atoms with Gasteiger partial charge >= 0.3 is 6.03 Å². The number of furan rings is 1. The quantitative estimate of drug-likeness (QED) is 0.765. The molecule has 0 aliphatic rings. The number of urea groups is 1. The second-order valence-electron chi connectivity index (χ2n) is 5.52. The third-order valence-electron chi connectivity index (χ3n) is 3.23. The molecule has 7 nitrogen and oxygen atoms in total. The van der Waals surface area contributed by atoms with Gasteiger partial charge in [-0.15, -0.1) is 0 Å². The number of aliphatic hydroxyl groups excluding tert-OH is 1. The highest BCUT2D eigenvalue weighted by atomic mass is 16.4. The zero-order chi connectivity index (χ0) is 16.1. The Bertz CT molecular complexity index is 592. The first-order valence-electron chi connectivity index (χ1n) is 7.30. The number of carbonyl (C=O) groups is 1. The SMILES string of the molecule is CC(CC(O)c1ccco1)NC(=O)Nc1ccnn1C(C)C. The Balaban J connectivity index is 1.85. The van der Waals surface area contributed by atoms with Crippen LogP contribution in [0, 0.1) is 0 Å². The maximum atomic E-state index is 12.0. The lowest BCUT2D eigenvalue weighted by Crippen LogP contribution is -2.37. The number of nitrogens with zero attached hydrogens (tertiary/aromatic N) is 2. The largest absolute Gasteiger partial charge is 0.467 e. The van der Waals surface area contributed by atoms with Crippen LogP contribution in [0.3, 0.4) is 0 Å². The summed E-state index contributed by atoms with van der Waals surface area (Å²) in [5, 5.41) is 19.7. The molecule has 0 saturated carbocycles. The van der Waals surface area contributed by atoms with Crippen molar-refractivity contribution in [1.82, 2.24) is 15.1 Å². The predicted molar refractivity (Wildman–Crippen MR) is 82.5 cm³/mol. The zero-order valence-corrected chi connectivity index (χ0v) is 13.0. The summed E-state index contributed by atoms with van der Waals surface area (Å²) in [6.45, 7) is 5.79. The highest BCUT2D eigenvalue weighted by Crippen LogP contribution is 2.18. The molecule has 2 amide bonds. The second-order valence-corrected chi connectivity index (χ2v) is 5.52. The third kappa shape index (κ3) is 4.11. The van der Waals surface area contributed by atoms with Crippen molar-refractivity contribution in [3.63, 3.8) is 0 Å². The van der Waals surface area contributed by atoms with Crippen LogP contribution in [-0.4, -0.2) is 27.0 Å². The molecule has 2 rings (SSSR count). The number of aliphatic hydroxyl groups is 1. The monoisotopic (exact) mass is 306 g/mol. The highest BCUT2D eigenvalue weighted by molar-refractivity contribution is 5.88. The van der Waals surface area contributed by atoms with Gasteiger partial charge in [0.25, 0.3) is 0 Å². The summed E-state index contributed by atoms with van der Waals surface area (Å²) in [4.78, 5) is 12.0. The molecule has 0 radical (unpaired) electrons. The second kappa shape index (κ2) is 7.13. The van der Waals surface area contributed by atoms with Crippen LogP contribution >= 0.6 is 0 Å². The van der Waals surface area contributed by atoms with Gasteiger partial charge in [-0.1, -0.05) is 0 Å². The Morgan fingerprint density at radius 2 is 2.18 bits per heavy atom. The fourth-order valence-corrected chi connectivity index (χ4v) is 2.19. The average molecular weight is 306 g/mol. The van der Waals surface area contributed by atoms with Crippen molar-refractivity contribution in [2.75, 3.05) is 5.32 Å². The number of aromatic nitrogens is 2. The van der Waals surface area contributed by atoms with Gasteiger partial charge in [0.2, 0.25) is 0 Å². The first-order valence-corrected chi connectivity index (χ1v) is 7.30. The van der Waals surface area contributed by atoms with Gasteiger partial charge in [-0.05, 0) is 32.9 Å². The molecular formula is C15H22N4O3. The minimum absolute atomic E-state index is 0.156. The van der Waals surface area contributed by atoms with Gasteiger partial charge in [-0.3, -0.25) is 5.32 Å². The molecule has 0 spiro atoms. The molecule has 22 heavy (non-hydrogen) atoms. The van der Waals surface area contributed by atoms with E-state index in [9.17, 15) is 9.90 Å².